The van der Waals surface area contributed by atoms with Gasteiger partial charge in [0.2, 0.25) is 5.91 Å². The lowest BCUT2D eigenvalue weighted by Gasteiger charge is -2.30. The van der Waals surface area contributed by atoms with Crippen molar-refractivity contribution in [3.63, 3.8) is 0 Å². The molecule has 0 aliphatic heterocycles. The second kappa shape index (κ2) is 10.4. The summed E-state index contributed by atoms with van der Waals surface area (Å²) in [5, 5.41) is 3.99. The molecule has 0 spiro atoms. The Morgan fingerprint density at radius 3 is 2.64 bits per heavy atom. The number of hydrogen-bond donors (Lipinski definition) is 1. The normalized spacial score (nSPS) is 19.2. The van der Waals surface area contributed by atoms with Gasteiger partial charge in [0, 0.05) is 6.04 Å². The molecule has 0 bridgehead atoms. The van der Waals surface area contributed by atoms with Crippen LogP contribution in [0.15, 0.2) is 58.5 Å². The van der Waals surface area contributed by atoms with E-state index in [4.69, 9.17) is 9.72 Å². The fourth-order valence-electron chi connectivity index (χ4n) is 4.33. The highest BCUT2D eigenvalue weighted by molar-refractivity contribution is 8.00. The van der Waals surface area contributed by atoms with E-state index in [9.17, 15) is 9.59 Å². The predicted octanol–water partition coefficient (Wildman–Crippen LogP) is 4.63. The molecule has 1 aliphatic rings. The fraction of sp³-hybridized carbons (Fsp3) is 0.423. The van der Waals surface area contributed by atoms with E-state index in [2.05, 4.69) is 12.2 Å². The second-order valence-electron chi connectivity index (χ2n) is 8.79. The molecular weight excluding hydrogens is 434 g/mol. The van der Waals surface area contributed by atoms with E-state index < -0.39 is 0 Å². The topological polar surface area (TPSA) is 73.2 Å². The summed E-state index contributed by atoms with van der Waals surface area (Å²) in [7, 11) is 1.63. The van der Waals surface area contributed by atoms with E-state index in [-0.39, 0.29) is 22.8 Å². The van der Waals surface area contributed by atoms with Crippen molar-refractivity contribution in [1.29, 1.82) is 0 Å². The molecule has 1 fully saturated rings. The standard InChI is InChI=1S/C26H31N3O3S/c1-17-8-4-6-10-22(17)27-24(30)18(2)33-26-28-23-11-7-5-9-21(23)25(31)29(26)16-19-12-14-20(32-3)15-13-19/h5,7,9,11-15,17-18,22H,4,6,8,10,16H2,1-3H3,(H,27,30). The molecular formula is C26H31N3O3S. The molecule has 1 aliphatic carbocycles. The number of aromatic nitrogens is 2. The maximum Gasteiger partial charge on any atom is 0.262 e. The van der Waals surface area contributed by atoms with Crippen molar-refractivity contribution in [2.45, 2.75) is 62.5 Å². The molecule has 7 heteroatoms. The number of benzene rings is 2. The molecule has 0 saturated heterocycles. The zero-order valence-corrected chi connectivity index (χ0v) is 20.2. The first-order valence-electron chi connectivity index (χ1n) is 11.6. The van der Waals surface area contributed by atoms with Crippen LogP contribution in [0.5, 0.6) is 5.75 Å². The summed E-state index contributed by atoms with van der Waals surface area (Å²) in [6.07, 6.45) is 4.57. The molecule has 3 unspecified atom stereocenters. The molecule has 1 aromatic heterocycles. The zero-order valence-electron chi connectivity index (χ0n) is 19.4. The van der Waals surface area contributed by atoms with Gasteiger partial charge in [-0.2, -0.15) is 0 Å². The van der Waals surface area contributed by atoms with Crippen LogP contribution in [-0.2, 0) is 11.3 Å². The third-order valence-corrected chi connectivity index (χ3v) is 7.51. The van der Waals surface area contributed by atoms with Gasteiger partial charge in [-0.3, -0.25) is 14.2 Å². The van der Waals surface area contributed by atoms with E-state index >= 15 is 0 Å². The van der Waals surface area contributed by atoms with E-state index in [1.165, 1.54) is 18.2 Å². The highest BCUT2D eigenvalue weighted by Crippen LogP contribution is 2.27. The minimum atomic E-state index is -0.366. The SMILES string of the molecule is COc1ccc(Cn2c(SC(C)C(=O)NC3CCCCC3C)nc3ccccc3c2=O)cc1. The number of hydrogen-bond acceptors (Lipinski definition) is 5. The molecule has 1 amide bonds. The molecule has 6 nitrogen and oxygen atoms in total. The summed E-state index contributed by atoms with van der Waals surface area (Å²) in [5.41, 5.74) is 1.50. The Labute approximate surface area is 198 Å². The molecule has 1 saturated carbocycles. The van der Waals surface area contributed by atoms with Gasteiger partial charge in [-0.1, -0.05) is 55.8 Å². The molecule has 4 rings (SSSR count). The van der Waals surface area contributed by atoms with Crippen LogP contribution in [0.1, 0.15) is 45.1 Å². The van der Waals surface area contributed by atoms with E-state index in [1.54, 1.807) is 17.7 Å². The number of nitrogens with one attached hydrogen (secondary N) is 1. The monoisotopic (exact) mass is 465 g/mol. The molecule has 33 heavy (non-hydrogen) atoms. The Kier molecular flexibility index (Phi) is 7.38. The van der Waals surface area contributed by atoms with E-state index in [1.807, 2.05) is 49.4 Å². The number of methoxy groups -OCH3 is 1. The van der Waals surface area contributed by atoms with Crippen LogP contribution in [0.25, 0.3) is 10.9 Å². The average Bonchev–Trinajstić information content (AvgIpc) is 2.83. The van der Waals surface area contributed by atoms with Crippen molar-refractivity contribution in [2.24, 2.45) is 5.92 Å². The summed E-state index contributed by atoms with van der Waals surface area (Å²) in [6.45, 7) is 4.46. The molecule has 1 heterocycles. The summed E-state index contributed by atoms with van der Waals surface area (Å²) in [4.78, 5) is 31.1. The van der Waals surface area contributed by atoms with Gasteiger partial charge in [0.25, 0.3) is 5.56 Å². The predicted molar refractivity (Wildman–Crippen MR) is 133 cm³/mol. The summed E-state index contributed by atoms with van der Waals surface area (Å²) in [6, 6.07) is 15.2. The number of fused-ring (bicyclic) bond motifs is 1. The van der Waals surface area contributed by atoms with Gasteiger partial charge in [-0.25, -0.2) is 4.98 Å². The molecule has 1 N–H and O–H groups in total. The number of para-hydroxylation sites is 1. The molecule has 3 atom stereocenters. The van der Waals surface area contributed by atoms with Crippen LogP contribution in [0.2, 0.25) is 0 Å². The van der Waals surface area contributed by atoms with Gasteiger partial charge >= 0.3 is 0 Å². The summed E-state index contributed by atoms with van der Waals surface area (Å²) < 4.78 is 6.91. The van der Waals surface area contributed by atoms with Crippen LogP contribution in [0, 0.1) is 5.92 Å². The van der Waals surface area contributed by atoms with Crippen LogP contribution in [-0.4, -0.2) is 33.9 Å². The zero-order chi connectivity index (χ0) is 23.4. The smallest absolute Gasteiger partial charge is 0.262 e. The van der Waals surface area contributed by atoms with Crippen molar-refractivity contribution in [1.82, 2.24) is 14.9 Å². The van der Waals surface area contributed by atoms with Crippen molar-refractivity contribution in [3.05, 3.63) is 64.4 Å². The molecule has 3 aromatic rings. The average molecular weight is 466 g/mol. The Bertz CT molecular complexity index is 1180. The summed E-state index contributed by atoms with van der Waals surface area (Å²) >= 11 is 1.34. The maximum atomic E-state index is 13.4. The van der Waals surface area contributed by atoms with Crippen molar-refractivity contribution in [3.8, 4) is 5.75 Å². The maximum absolute atomic E-state index is 13.4. The van der Waals surface area contributed by atoms with Crippen molar-refractivity contribution < 1.29 is 9.53 Å². The first-order valence-corrected chi connectivity index (χ1v) is 12.4. The lowest BCUT2D eigenvalue weighted by molar-refractivity contribution is -0.121. The quantitative estimate of drug-likeness (QED) is 0.407. The highest BCUT2D eigenvalue weighted by Gasteiger charge is 2.26. The molecule has 174 valence electrons. The number of thioether (sulfide) groups is 1. The Balaban J connectivity index is 1.61. The first kappa shape index (κ1) is 23.4. The van der Waals surface area contributed by atoms with Crippen molar-refractivity contribution >= 4 is 28.6 Å². The Morgan fingerprint density at radius 1 is 1.18 bits per heavy atom. The third kappa shape index (κ3) is 5.41. The number of ether oxygens (including phenoxy) is 1. The van der Waals surface area contributed by atoms with Gasteiger partial charge in [0.05, 0.1) is 29.8 Å². The lowest BCUT2D eigenvalue weighted by Crippen LogP contribution is -2.44. The number of nitrogens with zero attached hydrogens (tertiary/aromatic N) is 2. The minimum absolute atomic E-state index is 0.00263. The Morgan fingerprint density at radius 2 is 1.91 bits per heavy atom. The molecule has 2 aromatic carbocycles. The van der Waals surface area contributed by atoms with Gasteiger partial charge in [-0.15, -0.1) is 0 Å². The van der Waals surface area contributed by atoms with Gasteiger partial charge in [0.15, 0.2) is 5.16 Å². The fourth-order valence-corrected chi connectivity index (χ4v) is 5.25. The van der Waals surface area contributed by atoms with Gasteiger partial charge < -0.3 is 10.1 Å². The van der Waals surface area contributed by atoms with Crippen LogP contribution >= 0.6 is 11.8 Å². The number of amides is 1. The second-order valence-corrected chi connectivity index (χ2v) is 10.1. The van der Waals surface area contributed by atoms with Crippen LogP contribution in [0.3, 0.4) is 0 Å². The van der Waals surface area contributed by atoms with Crippen molar-refractivity contribution in [2.75, 3.05) is 7.11 Å². The Hall–Kier alpha value is -2.80. The van der Waals surface area contributed by atoms with Crippen LogP contribution in [0.4, 0.5) is 0 Å². The first-order chi connectivity index (χ1) is 16.0. The number of carbonyl (C=O) groups excluding carboxylic acids is 1. The largest absolute Gasteiger partial charge is 0.497 e. The van der Waals surface area contributed by atoms with Crippen LogP contribution < -0.4 is 15.6 Å². The van der Waals surface area contributed by atoms with E-state index in [0.717, 1.165) is 30.6 Å². The number of rotatable bonds is 7. The molecule has 0 radical (unpaired) electrons. The highest BCUT2D eigenvalue weighted by atomic mass is 32.2. The van der Waals surface area contributed by atoms with E-state index in [0.29, 0.717) is 28.5 Å². The minimum Gasteiger partial charge on any atom is -0.497 e. The third-order valence-electron chi connectivity index (χ3n) is 6.42. The number of carbonyl (C=O) groups is 1. The van der Waals surface area contributed by atoms with Gasteiger partial charge in [-0.05, 0) is 55.5 Å². The summed E-state index contributed by atoms with van der Waals surface area (Å²) in [5.74, 6) is 1.25. The lowest BCUT2D eigenvalue weighted by atomic mass is 9.86. The van der Waals surface area contributed by atoms with Gasteiger partial charge in [0.1, 0.15) is 5.75 Å².